The third-order valence-electron chi connectivity index (χ3n) is 12.7. The maximum atomic E-state index is 14.5. The fourth-order valence-corrected chi connectivity index (χ4v) is 8.15. The number of guanidine groups is 1. The number of carboxylic acids is 3. The third-order valence-corrected chi connectivity index (χ3v) is 12.7. The number of nitrogens with one attached hydrogen (secondary N) is 7. The summed E-state index contributed by atoms with van der Waals surface area (Å²) in [5.41, 5.74) is 17.7. The predicted octanol–water partition coefficient (Wildman–Crippen LogP) is -3.58. The van der Waals surface area contributed by atoms with Gasteiger partial charge in [-0.05, 0) is 68.7 Å². The van der Waals surface area contributed by atoms with Gasteiger partial charge in [0.2, 0.25) is 47.3 Å². The number of hydrogen-bond donors (Lipinski definition) is 15. The first-order chi connectivity index (χ1) is 36.7. The van der Waals surface area contributed by atoms with E-state index in [0.717, 1.165) is 6.92 Å². The van der Waals surface area contributed by atoms with Gasteiger partial charge in [-0.15, -0.1) is 0 Å². The fraction of sp³-hybridized carbons (Fsp3) is 0.520. The van der Waals surface area contributed by atoms with Crippen LogP contribution in [0.15, 0.2) is 59.6 Å². The molecule has 78 heavy (non-hydrogen) atoms. The van der Waals surface area contributed by atoms with Crippen LogP contribution in [0, 0.1) is 5.92 Å². The molecule has 1 saturated heterocycles. The molecule has 0 aromatic heterocycles. The summed E-state index contributed by atoms with van der Waals surface area (Å²) in [5.74, 6) is -13.0. The number of amides is 8. The smallest absolute Gasteiger partial charge is 0.326 e. The zero-order valence-corrected chi connectivity index (χ0v) is 43.7. The van der Waals surface area contributed by atoms with Gasteiger partial charge in [-0.25, -0.2) is 4.79 Å². The van der Waals surface area contributed by atoms with Crippen LogP contribution < -0.4 is 54.4 Å². The minimum absolute atomic E-state index is 0.0223. The van der Waals surface area contributed by atoms with Crippen LogP contribution in [-0.4, -0.2) is 175 Å². The van der Waals surface area contributed by atoms with Crippen LogP contribution in [0.5, 0.6) is 5.75 Å². The lowest BCUT2D eigenvalue weighted by Crippen LogP contribution is -2.61. The second-order valence-corrected chi connectivity index (χ2v) is 18.9. The molecule has 18 N–H and O–H groups in total. The van der Waals surface area contributed by atoms with E-state index >= 15 is 0 Å². The van der Waals surface area contributed by atoms with Gasteiger partial charge in [-0.1, -0.05) is 62.7 Å². The number of phenolic OH excluding ortho intramolecular Hbond substituents is 1. The minimum atomic E-state index is -1.96. The largest absolute Gasteiger partial charge is 0.508 e. The average Bonchev–Trinajstić information content (AvgIpc) is 3.88. The van der Waals surface area contributed by atoms with E-state index < -0.39 is 144 Å². The number of aliphatic carboxylic acids is 3. The topological polar surface area (TPSA) is 467 Å². The Labute approximate surface area is 449 Å². The van der Waals surface area contributed by atoms with Gasteiger partial charge in [0, 0.05) is 25.9 Å². The van der Waals surface area contributed by atoms with Crippen molar-refractivity contribution in [3.63, 3.8) is 0 Å². The number of aliphatic hydroxyl groups is 1. The summed E-state index contributed by atoms with van der Waals surface area (Å²) in [4.78, 5) is 150. The quantitative estimate of drug-likeness (QED) is 0.0197. The second kappa shape index (κ2) is 31.0. The van der Waals surface area contributed by atoms with Gasteiger partial charge < -0.3 is 84.9 Å². The molecule has 0 unspecified atom stereocenters. The zero-order chi connectivity index (χ0) is 58.4. The molecule has 428 valence electrons. The van der Waals surface area contributed by atoms with E-state index in [1.807, 2.05) is 0 Å². The monoisotopic (exact) mass is 1100 g/mol. The lowest BCUT2D eigenvalue weighted by Gasteiger charge is -2.31. The van der Waals surface area contributed by atoms with Crippen LogP contribution in [-0.2, 0) is 65.6 Å². The SMILES string of the molecule is CC[C@H](C)[C@H](NC(=O)[C@@H](N)CC(=O)O)C(=O)N[C@@H](Cc1ccccc1)C(=O)N1CCC[C@H]1C(=O)N[C@@H](C)C(=O)N[C@@H](CCCN=C(N)N)C(=O)N[C@@H](CC(=O)O)C(=O)N[C@H](C(=O)N[C@@H](Cc1ccc(O)cc1)C(=O)O)[C@@H](C)O. The summed E-state index contributed by atoms with van der Waals surface area (Å²) in [5, 5.41) is 65.6. The Morgan fingerprint density at radius 2 is 1.19 bits per heavy atom. The van der Waals surface area contributed by atoms with Crippen LogP contribution in [0.2, 0.25) is 0 Å². The average molecular weight is 1100 g/mol. The molecule has 0 bridgehead atoms. The Balaban J connectivity index is 1.82. The van der Waals surface area contributed by atoms with Gasteiger partial charge in [0.05, 0.1) is 25.0 Å². The van der Waals surface area contributed by atoms with Crippen molar-refractivity contribution in [2.45, 2.75) is 146 Å². The highest BCUT2D eigenvalue weighted by molar-refractivity contribution is 5.99. The van der Waals surface area contributed by atoms with Crippen molar-refractivity contribution in [1.29, 1.82) is 0 Å². The van der Waals surface area contributed by atoms with E-state index in [9.17, 15) is 73.2 Å². The number of aromatic hydroxyl groups is 1. The Hall–Kier alpha value is -8.40. The number of benzene rings is 2. The highest BCUT2D eigenvalue weighted by Gasteiger charge is 2.41. The molecule has 1 fully saturated rings. The van der Waals surface area contributed by atoms with E-state index in [1.54, 1.807) is 44.2 Å². The Morgan fingerprint density at radius 3 is 1.77 bits per heavy atom. The zero-order valence-electron chi connectivity index (χ0n) is 43.7. The second-order valence-electron chi connectivity index (χ2n) is 18.9. The Bertz CT molecular complexity index is 2480. The highest BCUT2D eigenvalue weighted by Crippen LogP contribution is 2.21. The molecule has 0 radical (unpaired) electrons. The molecule has 28 nitrogen and oxygen atoms in total. The summed E-state index contributed by atoms with van der Waals surface area (Å²) >= 11 is 0. The molecule has 1 aliphatic heterocycles. The molecule has 28 heteroatoms. The number of carbonyl (C=O) groups is 11. The van der Waals surface area contributed by atoms with Gasteiger partial charge in [-0.3, -0.25) is 52.9 Å². The third kappa shape index (κ3) is 20.6. The first-order valence-electron chi connectivity index (χ1n) is 25.1. The summed E-state index contributed by atoms with van der Waals surface area (Å²) in [6.07, 6.45) is -3.19. The fourth-order valence-electron chi connectivity index (χ4n) is 8.15. The van der Waals surface area contributed by atoms with Crippen molar-refractivity contribution in [3.05, 3.63) is 65.7 Å². The molecular formula is C50H72N12O16. The predicted molar refractivity (Wildman–Crippen MR) is 277 cm³/mol. The molecule has 0 spiro atoms. The molecule has 3 rings (SSSR count). The van der Waals surface area contributed by atoms with Gasteiger partial charge in [0.15, 0.2) is 5.96 Å². The van der Waals surface area contributed by atoms with Gasteiger partial charge in [0.1, 0.15) is 54.1 Å². The number of hydrogen-bond acceptors (Lipinski definition) is 15. The van der Waals surface area contributed by atoms with Gasteiger partial charge >= 0.3 is 17.9 Å². The summed E-state index contributed by atoms with van der Waals surface area (Å²) in [6, 6.07) is 0.407. The van der Waals surface area contributed by atoms with Crippen LogP contribution in [0.1, 0.15) is 83.8 Å². The van der Waals surface area contributed by atoms with E-state index in [2.05, 4.69) is 42.2 Å². The lowest BCUT2D eigenvalue weighted by molar-refractivity contribution is -0.144. The Morgan fingerprint density at radius 1 is 0.654 bits per heavy atom. The summed E-state index contributed by atoms with van der Waals surface area (Å²) in [7, 11) is 0. The number of nitrogens with zero attached hydrogens (tertiary/aromatic N) is 2. The molecule has 8 amide bonds. The molecule has 2 aromatic rings. The van der Waals surface area contributed by atoms with E-state index in [0.29, 0.717) is 24.0 Å². The number of nitrogens with two attached hydrogens (primary N) is 3. The molecule has 0 saturated carbocycles. The molecule has 1 heterocycles. The van der Waals surface area contributed by atoms with Crippen LogP contribution >= 0.6 is 0 Å². The number of phenols is 1. The molecular weight excluding hydrogens is 1020 g/mol. The standard InChI is InChI=1S/C50H72N12O16/c1-5-25(2)39(60-42(70)31(51)23-37(65)66)46(74)58-34(21-28-11-7-6-8-12-28)48(76)62-20-10-14-36(62)45(73)55-26(3)41(69)56-32(13-9-19-54-50(52)53)43(71)57-33(24-38(67)68)44(72)61-40(27(4)63)47(75)59-35(49(77)78)22-29-15-17-30(64)18-16-29/h6-8,11-12,15-18,25-27,31-36,39-40,63-64H,5,9-10,13-14,19-24,51H2,1-4H3,(H,55,73)(H,56,69)(H,57,71)(H,58,74)(H,59,75)(H,60,70)(H,61,72)(H,65,66)(H,67,68)(H,77,78)(H4,52,53,54)/t25-,26-,27+,31-,32-,33-,34-,35-,36-,39-,40-/m0/s1. The van der Waals surface area contributed by atoms with Crippen LogP contribution in [0.4, 0.5) is 0 Å². The highest BCUT2D eigenvalue weighted by atomic mass is 16.4. The number of carboxylic acid groups (broad SMARTS) is 3. The van der Waals surface area contributed by atoms with Crippen molar-refractivity contribution in [1.82, 2.24) is 42.1 Å². The normalized spacial score (nSPS) is 16.8. The first kappa shape index (κ1) is 63.9. The van der Waals surface area contributed by atoms with Crippen LogP contribution in [0.3, 0.4) is 0 Å². The molecule has 11 atom stereocenters. The van der Waals surface area contributed by atoms with Crippen molar-refractivity contribution in [2.24, 2.45) is 28.1 Å². The van der Waals surface area contributed by atoms with E-state index in [1.165, 1.54) is 36.1 Å². The lowest BCUT2D eigenvalue weighted by atomic mass is 9.96. The first-order valence-corrected chi connectivity index (χ1v) is 25.1. The molecule has 2 aromatic carbocycles. The van der Waals surface area contributed by atoms with Gasteiger partial charge in [0.25, 0.3) is 0 Å². The van der Waals surface area contributed by atoms with Crippen LogP contribution in [0.25, 0.3) is 0 Å². The minimum Gasteiger partial charge on any atom is -0.508 e. The van der Waals surface area contributed by atoms with E-state index in [-0.39, 0.29) is 56.9 Å². The Kier molecular flexibility index (Phi) is 25.4. The number of likely N-dealkylation sites (tertiary alicyclic amines) is 1. The van der Waals surface area contributed by atoms with E-state index in [4.69, 9.17) is 22.3 Å². The maximum absolute atomic E-state index is 14.5. The van der Waals surface area contributed by atoms with Gasteiger partial charge in [-0.2, -0.15) is 0 Å². The van der Waals surface area contributed by atoms with Crippen molar-refractivity contribution < 1.29 is 78.3 Å². The van der Waals surface area contributed by atoms with Crippen molar-refractivity contribution >= 4 is 71.1 Å². The van der Waals surface area contributed by atoms with Crippen molar-refractivity contribution in [3.8, 4) is 5.75 Å². The maximum Gasteiger partial charge on any atom is 0.326 e. The van der Waals surface area contributed by atoms with Crippen molar-refractivity contribution in [2.75, 3.05) is 13.1 Å². The number of aliphatic hydroxyl groups excluding tert-OH is 1. The molecule has 0 aliphatic carbocycles. The number of aliphatic imine (C=N–C) groups is 1. The summed E-state index contributed by atoms with van der Waals surface area (Å²) < 4.78 is 0. The number of carbonyl (C=O) groups excluding carboxylic acids is 8. The molecule has 1 aliphatic rings. The summed E-state index contributed by atoms with van der Waals surface area (Å²) in [6.45, 7) is 5.78. The number of rotatable bonds is 31.